The molecule has 0 radical (unpaired) electrons. The molecule has 4 nitrogen and oxygen atoms in total. The summed E-state index contributed by atoms with van der Waals surface area (Å²) in [4.78, 5) is 0. The number of aromatic nitrogens is 1. The highest BCUT2D eigenvalue weighted by atomic mass is 16.5. The summed E-state index contributed by atoms with van der Waals surface area (Å²) >= 11 is 0. The normalized spacial score (nSPS) is 29.6. The Bertz CT molecular complexity index is 371. The predicted octanol–water partition coefficient (Wildman–Crippen LogP) is 2.50. The van der Waals surface area contributed by atoms with Gasteiger partial charge in [0, 0.05) is 24.1 Å². The quantitative estimate of drug-likeness (QED) is 0.872. The van der Waals surface area contributed by atoms with Crippen LogP contribution in [0.4, 0.5) is 0 Å². The van der Waals surface area contributed by atoms with Crippen molar-refractivity contribution in [2.75, 3.05) is 6.61 Å². The van der Waals surface area contributed by atoms with Gasteiger partial charge in [-0.05, 0) is 26.2 Å². The first kappa shape index (κ1) is 12.2. The van der Waals surface area contributed by atoms with E-state index >= 15 is 0 Å². The third kappa shape index (κ3) is 1.97. The molecule has 2 aliphatic carbocycles. The van der Waals surface area contributed by atoms with Gasteiger partial charge in [-0.1, -0.05) is 18.0 Å². The molecule has 0 aromatic carbocycles. The van der Waals surface area contributed by atoms with Crippen molar-refractivity contribution in [3.05, 3.63) is 18.0 Å². The van der Waals surface area contributed by atoms with E-state index in [9.17, 15) is 0 Å². The van der Waals surface area contributed by atoms with Gasteiger partial charge in [-0.15, -0.1) is 0 Å². The lowest BCUT2D eigenvalue weighted by Gasteiger charge is -2.54. The van der Waals surface area contributed by atoms with Gasteiger partial charge in [0.25, 0.3) is 0 Å². The van der Waals surface area contributed by atoms with Crippen molar-refractivity contribution in [1.82, 2.24) is 10.5 Å². The van der Waals surface area contributed by atoms with Crippen molar-refractivity contribution in [2.45, 2.75) is 57.7 Å². The molecule has 1 spiro atoms. The van der Waals surface area contributed by atoms with Crippen molar-refractivity contribution in [2.24, 2.45) is 5.41 Å². The standard InChI is InChI=1S/C14H22N2O2/c1-2-17-13-9-12(14(13)6-3-4-7-14)15-10-11-5-8-16-18-11/h5,8,12-13,15H,2-4,6-7,9-10H2,1H3. The zero-order valence-electron chi connectivity index (χ0n) is 11.0. The SMILES string of the molecule is CCOC1CC(NCc2ccno2)C12CCCC2. The Morgan fingerprint density at radius 1 is 1.50 bits per heavy atom. The summed E-state index contributed by atoms with van der Waals surface area (Å²) in [7, 11) is 0. The van der Waals surface area contributed by atoms with Crippen LogP contribution in [-0.4, -0.2) is 23.9 Å². The van der Waals surface area contributed by atoms with Crippen LogP contribution < -0.4 is 5.32 Å². The number of nitrogens with zero attached hydrogens (tertiary/aromatic N) is 1. The summed E-state index contributed by atoms with van der Waals surface area (Å²) in [6.45, 7) is 3.71. The molecule has 100 valence electrons. The molecule has 1 N–H and O–H groups in total. The lowest BCUT2D eigenvalue weighted by Crippen LogP contribution is -2.62. The van der Waals surface area contributed by atoms with E-state index < -0.39 is 0 Å². The van der Waals surface area contributed by atoms with Gasteiger partial charge in [0.05, 0.1) is 18.8 Å². The second kappa shape index (κ2) is 5.02. The first-order valence-corrected chi connectivity index (χ1v) is 7.10. The molecule has 0 amide bonds. The summed E-state index contributed by atoms with van der Waals surface area (Å²) < 4.78 is 11.0. The van der Waals surface area contributed by atoms with Gasteiger partial charge in [0.1, 0.15) is 5.76 Å². The summed E-state index contributed by atoms with van der Waals surface area (Å²) in [5.74, 6) is 0.919. The predicted molar refractivity (Wildman–Crippen MR) is 68.1 cm³/mol. The van der Waals surface area contributed by atoms with E-state index in [-0.39, 0.29) is 0 Å². The minimum atomic E-state index is 0.399. The molecule has 1 aromatic rings. The number of hydrogen-bond donors (Lipinski definition) is 1. The Hall–Kier alpha value is -0.870. The first-order chi connectivity index (χ1) is 8.85. The Morgan fingerprint density at radius 2 is 2.33 bits per heavy atom. The first-order valence-electron chi connectivity index (χ1n) is 7.10. The van der Waals surface area contributed by atoms with Crippen LogP contribution in [-0.2, 0) is 11.3 Å². The smallest absolute Gasteiger partial charge is 0.150 e. The lowest BCUT2D eigenvalue weighted by molar-refractivity contribution is -0.131. The maximum atomic E-state index is 5.91. The molecule has 0 aliphatic heterocycles. The van der Waals surface area contributed by atoms with Crippen LogP contribution in [0, 0.1) is 5.41 Å². The molecule has 4 heteroatoms. The van der Waals surface area contributed by atoms with Gasteiger partial charge in [-0.3, -0.25) is 0 Å². The molecule has 1 heterocycles. The molecular weight excluding hydrogens is 228 g/mol. The van der Waals surface area contributed by atoms with Crippen molar-refractivity contribution in [3.8, 4) is 0 Å². The number of nitrogens with one attached hydrogen (secondary N) is 1. The summed E-state index contributed by atoms with van der Waals surface area (Å²) in [5, 5.41) is 7.37. The van der Waals surface area contributed by atoms with Crippen LogP contribution in [0.3, 0.4) is 0 Å². The van der Waals surface area contributed by atoms with Crippen LogP contribution in [0.1, 0.15) is 44.8 Å². The van der Waals surface area contributed by atoms with E-state index in [1.165, 1.54) is 25.7 Å². The molecule has 18 heavy (non-hydrogen) atoms. The summed E-state index contributed by atoms with van der Waals surface area (Å²) in [6.07, 6.45) is 8.64. The Kier molecular flexibility index (Phi) is 3.39. The average molecular weight is 250 g/mol. The summed E-state index contributed by atoms with van der Waals surface area (Å²) in [5.41, 5.74) is 0.399. The van der Waals surface area contributed by atoms with Gasteiger partial charge in [-0.25, -0.2) is 0 Å². The second-order valence-corrected chi connectivity index (χ2v) is 5.53. The van der Waals surface area contributed by atoms with Crippen LogP contribution in [0.5, 0.6) is 0 Å². The van der Waals surface area contributed by atoms with Gasteiger partial charge in [-0.2, -0.15) is 0 Å². The van der Waals surface area contributed by atoms with E-state index in [1.807, 2.05) is 6.07 Å². The molecule has 0 saturated heterocycles. The third-order valence-corrected chi connectivity index (χ3v) is 4.70. The topological polar surface area (TPSA) is 47.3 Å². The zero-order chi connectivity index (χ0) is 12.4. The number of rotatable bonds is 5. The fourth-order valence-electron chi connectivity index (χ4n) is 3.73. The van der Waals surface area contributed by atoms with E-state index in [4.69, 9.17) is 9.26 Å². The third-order valence-electron chi connectivity index (χ3n) is 4.70. The van der Waals surface area contributed by atoms with E-state index in [0.29, 0.717) is 17.6 Å². The highest BCUT2D eigenvalue weighted by molar-refractivity contribution is 5.10. The molecule has 2 aliphatic rings. The minimum absolute atomic E-state index is 0.399. The average Bonchev–Trinajstić information content (AvgIpc) is 3.03. The largest absolute Gasteiger partial charge is 0.378 e. The van der Waals surface area contributed by atoms with E-state index in [1.54, 1.807) is 6.20 Å². The van der Waals surface area contributed by atoms with Gasteiger partial charge in [0.15, 0.2) is 0 Å². The van der Waals surface area contributed by atoms with Gasteiger partial charge >= 0.3 is 0 Å². The molecular formula is C14H22N2O2. The lowest BCUT2D eigenvalue weighted by atomic mass is 9.60. The molecule has 3 rings (SSSR count). The Labute approximate surface area is 108 Å². The van der Waals surface area contributed by atoms with E-state index in [2.05, 4.69) is 17.4 Å². The van der Waals surface area contributed by atoms with Crippen LogP contribution in [0.15, 0.2) is 16.8 Å². The van der Waals surface area contributed by atoms with Crippen molar-refractivity contribution >= 4 is 0 Å². The molecule has 2 fully saturated rings. The van der Waals surface area contributed by atoms with Crippen LogP contribution in [0.2, 0.25) is 0 Å². The number of ether oxygens (including phenoxy) is 1. The fourth-order valence-corrected chi connectivity index (χ4v) is 3.73. The van der Waals surface area contributed by atoms with E-state index in [0.717, 1.165) is 25.3 Å². The zero-order valence-corrected chi connectivity index (χ0v) is 11.0. The maximum Gasteiger partial charge on any atom is 0.150 e. The van der Waals surface area contributed by atoms with Gasteiger partial charge < -0.3 is 14.6 Å². The second-order valence-electron chi connectivity index (χ2n) is 5.53. The number of hydrogen-bond acceptors (Lipinski definition) is 4. The monoisotopic (exact) mass is 250 g/mol. The fraction of sp³-hybridized carbons (Fsp3) is 0.786. The van der Waals surface area contributed by atoms with Crippen LogP contribution in [0.25, 0.3) is 0 Å². The molecule has 2 atom stereocenters. The highest BCUT2D eigenvalue weighted by Crippen LogP contribution is 2.54. The Balaban J connectivity index is 1.59. The van der Waals surface area contributed by atoms with Gasteiger partial charge in [0.2, 0.25) is 0 Å². The van der Waals surface area contributed by atoms with Crippen LogP contribution >= 0.6 is 0 Å². The van der Waals surface area contributed by atoms with Crippen molar-refractivity contribution < 1.29 is 9.26 Å². The summed E-state index contributed by atoms with van der Waals surface area (Å²) in [6, 6.07) is 2.51. The highest BCUT2D eigenvalue weighted by Gasteiger charge is 2.56. The molecule has 0 bridgehead atoms. The molecule has 1 aromatic heterocycles. The Morgan fingerprint density at radius 3 is 3.00 bits per heavy atom. The minimum Gasteiger partial charge on any atom is -0.378 e. The van der Waals surface area contributed by atoms with Crippen molar-refractivity contribution in [1.29, 1.82) is 0 Å². The van der Waals surface area contributed by atoms with Crippen molar-refractivity contribution in [3.63, 3.8) is 0 Å². The molecule has 2 saturated carbocycles. The maximum absolute atomic E-state index is 5.91. The molecule has 2 unspecified atom stereocenters.